The monoisotopic (exact) mass is 318 g/mol. The molecule has 120 valence electrons. The van der Waals surface area contributed by atoms with Crippen LogP contribution in [0.5, 0.6) is 0 Å². The van der Waals surface area contributed by atoms with Gasteiger partial charge in [0.2, 0.25) is 0 Å². The SMILES string of the molecule is Cn1nccc1C(=O)N[C@@H]1CCc2cc(-c3ccccn3)ccc21. The Hall–Kier alpha value is -2.95. The average Bonchev–Trinajstić information content (AvgIpc) is 3.21. The van der Waals surface area contributed by atoms with Gasteiger partial charge in [-0.2, -0.15) is 5.10 Å². The summed E-state index contributed by atoms with van der Waals surface area (Å²) in [7, 11) is 1.77. The van der Waals surface area contributed by atoms with Gasteiger partial charge in [0.05, 0.1) is 11.7 Å². The standard InChI is InChI=1S/C19H18N4O/c1-23-18(9-11-21-23)19(24)22-17-8-6-13-12-14(5-7-15(13)17)16-4-2-3-10-20-16/h2-5,7,9-12,17H,6,8H2,1H3,(H,22,24)/t17-/m1/s1. The third-order valence-electron chi connectivity index (χ3n) is 4.54. The van der Waals surface area contributed by atoms with Crippen molar-refractivity contribution in [1.82, 2.24) is 20.1 Å². The summed E-state index contributed by atoms with van der Waals surface area (Å²) in [6.45, 7) is 0. The van der Waals surface area contributed by atoms with E-state index in [-0.39, 0.29) is 11.9 Å². The topological polar surface area (TPSA) is 59.8 Å². The summed E-state index contributed by atoms with van der Waals surface area (Å²) < 4.78 is 1.59. The lowest BCUT2D eigenvalue weighted by atomic mass is 10.0. The predicted octanol–water partition coefficient (Wildman–Crippen LogP) is 2.90. The number of nitrogens with zero attached hydrogens (tertiary/aromatic N) is 3. The molecule has 1 atom stereocenters. The minimum atomic E-state index is -0.0818. The van der Waals surface area contributed by atoms with Gasteiger partial charge in [-0.1, -0.05) is 18.2 Å². The Morgan fingerprint density at radius 2 is 2.12 bits per heavy atom. The fourth-order valence-electron chi connectivity index (χ4n) is 3.29. The Balaban J connectivity index is 1.57. The first-order valence-electron chi connectivity index (χ1n) is 8.05. The molecule has 4 rings (SSSR count). The van der Waals surface area contributed by atoms with Gasteiger partial charge in [0, 0.05) is 25.0 Å². The van der Waals surface area contributed by atoms with Crippen molar-refractivity contribution >= 4 is 5.91 Å². The highest BCUT2D eigenvalue weighted by molar-refractivity contribution is 5.92. The number of hydrogen-bond donors (Lipinski definition) is 1. The summed E-state index contributed by atoms with van der Waals surface area (Å²) >= 11 is 0. The maximum Gasteiger partial charge on any atom is 0.270 e. The van der Waals surface area contributed by atoms with Gasteiger partial charge < -0.3 is 5.32 Å². The maximum absolute atomic E-state index is 12.4. The molecule has 0 saturated carbocycles. The number of carbonyl (C=O) groups is 1. The van der Waals surface area contributed by atoms with Crippen LogP contribution >= 0.6 is 0 Å². The summed E-state index contributed by atoms with van der Waals surface area (Å²) in [6.07, 6.45) is 5.33. The fraction of sp³-hybridized carbons (Fsp3) is 0.211. The van der Waals surface area contributed by atoms with Gasteiger partial charge in [-0.25, -0.2) is 0 Å². The molecule has 2 heterocycles. The molecule has 1 aliphatic rings. The maximum atomic E-state index is 12.4. The van der Waals surface area contributed by atoms with E-state index < -0.39 is 0 Å². The van der Waals surface area contributed by atoms with Gasteiger partial charge in [-0.05, 0) is 48.2 Å². The second-order valence-electron chi connectivity index (χ2n) is 6.03. The van der Waals surface area contributed by atoms with E-state index in [2.05, 4.69) is 33.6 Å². The first-order chi connectivity index (χ1) is 11.7. The van der Waals surface area contributed by atoms with E-state index in [1.54, 1.807) is 30.2 Å². The Labute approximate surface area is 140 Å². The van der Waals surface area contributed by atoms with E-state index in [1.165, 1.54) is 11.1 Å². The minimum absolute atomic E-state index is 0.0557. The lowest BCUT2D eigenvalue weighted by molar-refractivity contribution is 0.0927. The van der Waals surface area contributed by atoms with Crippen LogP contribution in [0.15, 0.2) is 54.9 Å². The van der Waals surface area contributed by atoms with Crippen molar-refractivity contribution in [1.29, 1.82) is 0 Å². The summed E-state index contributed by atoms with van der Waals surface area (Å²) in [5.41, 5.74) is 5.16. The van der Waals surface area contributed by atoms with Crippen molar-refractivity contribution in [3.63, 3.8) is 0 Å². The number of nitrogens with one attached hydrogen (secondary N) is 1. The van der Waals surface area contributed by atoms with Crippen molar-refractivity contribution in [2.45, 2.75) is 18.9 Å². The van der Waals surface area contributed by atoms with E-state index in [9.17, 15) is 4.79 Å². The van der Waals surface area contributed by atoms with Crippen molar-refractivity contribution < 1.29 is 4.79 Å². The molecule has 0 aliphatic heterocycles. The Bertz CT molecular complexity index is 885. The summed E-state index contributed by atoms with van der Waals surface area (Å²) in [6, 6.07) is 14.1. The Morgan fingerprint density at radius 3 is 2.88 bits per heavy atom. The molecule has 0 fully saturated rings. The Kier molecular flexibility index (Phi) is 3.61. The number of aryl methyl sites for hydroxylation is 2. The molecule has 0 saturated heterocycles. The van der Waals surface area contributed by atoms with E-state index in [0.29, 0.717) is 5.69 Å². The van der Waals surface area contributed by atoms with Crippen molar-refractivity contribution in [2.24, 2.45) is 7.05 Å². The normalized spacial score (nSPS) is 16.0. The number of rotatable bonds is 3. The van der Waals surface area contributed by atoms with Crippen LogP contribution in [0.3, 0.4) is 0 Å². The molecule has 1 N–H and O–H groups in total. The lowest BCUT2D eigenvalue weighted by Gasteiger charge is -2.14. The number of hydrogen-bond acceptors (Lipinski definition) is 3. The third-order valence-corrected chi connectivity index (χ3v) is 4.54. The molecule has 0 spiro atoms. The van der Waals surface area contributed by atoms with E-state index in [4.69, 9.17) is 0 Å². The first kappa shape index (κ1) is 14.6. The van der Waals surface area contributed by atoms with Crippen LogP contribution in [-0.2, 0) is 13.5 Å². The molecule has 5 nitrogen and oxygen atoms in total. The van der Waals surface area contributed by atoms with Crippen LogP contribution in [0.25, 0.3) is 11.3 Å². The number of fused-ring (bicyclic) bond motifs is 1. The zero-order valence-corrected chi connectivity index (χ0v) is 13.4. The predicted molar refractivity (Wildman–Crippen MR) is 91.4 cm³/mol. The molecule has 0 radical (unpaired) electrons. The number of aromatic nitrogens is 3. The van der Waals surface area contributed by atoms with Gasteiger partial charge >= 0.3 is 0 Å². The second-order valence-corrected chi connectivity index (χ2v) is 6.03. The van der Waals surface area contributed by atoms with E-state index in [0.717, 1.165) is 24.1 Å². The molecule has 2 aromatic heterocycles. The van der Waals surface area contributed by atoms with E-state index in [1.807, 2.05) is 18.2 Å². The smallest absolute Gasteiger partial charge is 0.270 e. The Morgan fingerprint density at radius 1 is 1.21 bits per heavy atom. The quantitative estimate of drug-likeness (QED) is 0.808. The van der Waals surface area contributed by atoms with Crippen LogP contribution in [-0.4, -0.2) is 20.7 Å². The molecule has 0 unspecified atom stereocenters. The third kappa shape index (κ3) is 2.58. The van der Waals surface area contributed by atoms with E-state index >= 15 is 0 Å². The van der Waals surface area contributed by atoms with Crippen molar-refractivity contribution in [2.75, 3.05) is 0 Å². The lowest BCUT2D eigenvalue weighted by Crippen LogP contribution is -2.28. The van der Waals surface area contributed by atoms with Gasteiger partial charge in [0.1, 0.15) is 5.69 Å². The second kappa shape index (κ2) is 5.92. The molecule has 1 aromatic carbocycles. The van der Waals surface area contributed by atoms with Crippen molar-refractivity contribution in [3.05, 3.63) is 71.7 Å². The molecular formula is C19H18N4O. The molecule has 1 amide bonds. The largest absolute Gasteiger partial charge is 0.344 e. The van der Waals surface area contributed by atoms with Crippen LogP contribution in [0.2, 0.25) is 0 Å². The van der Waals surface area contributed by atoms with Gasteiger partial charge in [0.15, 0.2) is 0 Å². The highest BCUT2D eigenvalue weighted by atomic mass is 16.2. The number of benzene rings is 1. The first-order valence-corrected chi connectivity index (χ1v) is 8.05. The van der Waals surface area contributed by atoms with Crippen LogP contribution in [0.4, 0.5) is 0 Å². The van der Waals surface area contributed by atoms with Gasteiger partial charge in [-0.15, -0.1) is 0 Å². The number of amides is 1. The molecule has 5 heteroatoms. The summed E-state index contributed by atoms with van der Waals surface area (Å²) in [5, 5.41) is 7.17. The molecule has 1 aliphatic carbocycles. The number of pyridine rings is 1. The van der Waals surface area contributed by atoms with Crippen LogP contribution in [0, 0.1) is 0 Å². The molecular weight excluding hydrogens is 300 g/mol. The summed E-state index contributed by atoms with van der Waals surface area (Å²) in [4.78, 5) is 16.8. The van der Waals surface area contributed by atoms with Gasteiger partial charge in [-0.3, -0.25) is 14.5 Å². The fourth-order valence-corrected chi connectivity index (χ4v) is 3.29. The van der Waals surface area contributed by atoms with Gasteiger partial charge in [0.25, 0.3) is 5.91 Å². The molecule has 24 heavy (non-hydrogen) atoms. The zero-order chi connectivity index (χ0) is 16.5. The highest BCUT2D eigenvalue weighted by Crippen LogP contribution is 2.34. The average molecular weight is 318 g/mol. The van der Waals surface area contributed by atoms with Crippen LogP contribution in [0.1, 0.15) is 34.1 Å². The molecule has 0 bridgehead atoms. The minimum Gasteiger partial charge on any atom is -0.344 e. The summed E-state index contributed by atoms with van der Waals surface area (Å²) in [5.74, 6) is -0.0818. The van der Waals surface area contributed by atoms with Crippen LogP contribution < -0.4 is 5.32 Å². The zero-order valence-electron chi connectivity index (χ0n) is 13.4. The van der Waals surface area contributed by atoms with Crippen molar-refractivity contribution in [3.8, 4) is 11.3 Å². The molecule has 3 aromatic rings. The highest BCUT2D eigenvalue weighted by Gasteiger charge is 2.25. The number of carbonyl (C=O) groups excluding carboxylic acids is 1.